The van der Waals surface area contributed by atoms with E-state index in [-0.39, 0.29) is 11.7 Å². The molecule has 1 aliphatic rings. The van der Waals surface area contributed by atoms with Gasteiger partial charge in [0.05, 0.1) is 12.7 Å². The van der Waals surface area contributed by atoms with Gasteiger partial charge in [0.2, 0.25) is 5.91 Å². The number of ether oxygens (including phenoxy) is 1. The maximum atomic E-state index is 14.4. The largest absolute Gasteiger partial charge is 0.497 e. The molecule has 1 aromatic heterocycles. The summed E-state index contributed by atoms with van der Waals surface area (Å²) in [6.07, 6.45) is 0.427. The van der Waals surface area contributed by atoms with E-state index in [2.05, 4.69) is 41.1 Å². The summed E-state index contributed by atoms with van der Waals surface area (Å²) in [4.78, 5) is 17.1. The van der Waals surface area contributed by atoms with Gasteiger partial charge in [-0.15, -0.1) is 10.2 Å². The number of carbonyl (C=O) groups is 1. The van der Waals surface area contributed by atoms with E-state index in [0.29, 0.717) is 54.3 Å². The Morgan fingerprint density at radius 3 is 2.43 bits per heavy atom. The van der Waals surface area contributed by atoms with Crippen molar-refractivity contribution >= 4 is 23.4 Å². The third-order valence-corrected chi connectivity index (χ3v) is 6.96. The second-order valence-corrected chi connectivity index (χ2v) is 10.0. The number of aromatic nitrogens is 3. The Kier molecular flexibility index (Phi) is 8.28. The molecule has 1 saturated heterocycles. The summed E-state index contributed by atoms with van der Waals surface area (Å²) in [7, 11) is 1.66. The molecule has 186 valence electrons. The van der Waals surface area contributed by atoms with Crippen molar-refractivity contribution in [2.45, 2.75) is 32.0 Å². The molecule has 1 amide bonds. The van der Waals surface area contributed by atoms with Crippen LogP contribution in [0.5, 0.6) is 5.75 Å². The van der Waals surface area contributed by atoms with E-state index in [4.69, 9.17) is 4.74 Å². The van der Waals surface area contributed by atoms with Crippen molar-refractivity contribution < 1.29 is 13.9 Å². The number of benzene rings is 2. The summed E-state index contributed by atoms with van der Waals surface area (Å²) in [5, 5.41) is 9.32. The van der Waals surface area contributed by atoms with Gasteiger partial charge in [0.15, 0.2) is 11.0 Å². The number of rotatable bonds is 9. The highest BCUT2D eigenvalue weighted by molar-refractivity contribution is 7.99. The lowest BCUT2D eigenvalue weighted by Gasteiger charge is -2.36. The molecular formula is C26H32FN5O2S. The lowest BCUT2D eigenvalue weighted by atomic mass is 10.2. The van der Waals surface area contributed by atoms with Crippen molar-refractivity contribution in [3.63, 3.8) is 0 Å². The van der Waals surface area contributed by atoms with Crippen LogP contribution in [0.3, 0.4) is 0 Å². The molecule has 2 heterocycles. The standard InChI is InChI=1S/C26H32FN5O2S/c1-19(2)18-32-25(22-6-4-5-7-23(22)27)28-29-26(32)35-17-12-24(33)31-15-13-30(14-16-31)20-8-10-21(34-3)11-9-20/h4-11,19H,12-18H2,1-3H3. The Balaban J connectivity index is 1.32. The van der Waals surface area contributed by atoms with Gasteiger partial charge in [-0.2, -0.15) is 0 Å². The minimum Gasteiger partial charge on any atom is -0.497 e. The van der Waals surface area contributed by atoms with Crippen LogP contribution in [0.15, 0.2) is 53.7 Å². The minimum atomic E-state index is -0.314. The van der Waals surface area contributed by atoms with Crippen molar-refractivity contribution in [2.75, 3.05) is 43.9 Å². The number of piperazine rings is 1. The van der Waals surface area contributed by atoms with Gasteiger partial charge in [0.1, 0.15) is 11.6 Å². The van der Waals surface area contributed by atoms with Crippen LogP contribution in [0.4, 0.5) is 10.1 Å². The molecule has 0 saturated carbocycles. The van der Waals surface area contributed by atoms with E-state index in [9.17, 15) is 9.18 Å². The van der Waals surface area contributed by atoms with Crippen LogP contribution >= 0.6 is 11.8 Å². The van der Waals surface area contributed by atoms with Crippen LogP contribution in [0.2, 0.25) is 0 Å². The number of amides is 1. The number of carbonyl (C=O) groups excluding carboxylic acids is 1. The van der Waals surface area contributed by atoms with Crippen molar-refractivity contribution in [3.05, 3.63) is 54.3 Å². The molecule has 0 N–H and O–H groups in total. The van der Waals surface area contributed by atoms with Gasteiger partial charge in [0.25, 0.3) is 0 Å². The first-order valence-electron chi connectivity index (χ1n) is 11.9. The van der Waals surface area contributed by atoms with Gasteiger partial charge < -0.3 is 19.1 Å². The van der Waals surface area contributed by atoms with Gasteiger partial charge >= 0.3 is 0 Å². The molecule has 0 radical (unpaired) electrons. The van der Waals surface area contributed by atoms with E-state index >= 15 is 0 Å². The number of nitrogens with zero attached hydrogens (tertiary/aromatic N) is 5. The van der Waals surface area contributed by atoms with Crippen molar-refractivity contribution in [2.24, 2.45) is 5.92 Å². The van der Waals surface area contributed by atoms with Crippen LogP contribution in [0, 0.1) is 11.7 Å². The summed E-state index contributed by atoms with van der Waals surface area (Å²) in [5.41, 5.74) is 1.59. The zero-order valence-electron chi connectivity index (χ0n) is 20.5. The number of methoxy groups -OCH3 is 1. The second kappa shape index (κ2) is 11.6. The van der Waals surface area contributed by atoms with Gasteiger partial charge in [-0.1, -0.05) is 37.7 Å². The topological polar surface area (TPSA) is 63.5 Å². The Morgan fingerprint density at radius 1 is 1.06 bits per heavy atom. The first kappa shape index (κ1) is 25.0. The first-order valence-corrected chi connectivity index (χ1v) is 12.9. The molecule has 0 aliphatic carbocycles. The maximum absolute atomic E-state index is 14.4. The minimum absolute atomic E-state index is 0.149. The van der Waals surface area contributed by atoms with Crippen molar-refractivity contribution in [1.29, 1.82) is 0 Å². The molecule has 1 aliphatic heterocycles. The number of hydrogen-bond acceptors (Lipinski definition) is 6. The smallest absolute Gasteiger partial charge is 0.223 e. The predicted octanol–water partition coefficient (Wildman–Crippen LogP) is 4.58. The predicted molar refractivity (Wildman–Crippen MR) is 137 cm³/mol. The zero-order valence-corrected chi connectivity index (χ0v) is 21.3. The fourth-order valence-electron chi connectivity index (χ4n) is 4.16. The average Bonchev–Trinajstić information content (AvgIpc) is 3.25. The van der Waals surface area contributed by atoms with E-state index in [1.54, 1.807) is 25.3 Å². The molecule has 7 nitrogen and oxygen atoms in total. The fourth-order valence-corrected chi connectivity index (χ4v) is 5.04. The fraction of sp³-hybridized carbons (Fsp3) is 0.423. The highest BCUT2D eigenvalue weighted by atomic mass is 32.2. The molecule has 1 fully saturated rings. The Labute approximate surface area is 210 Å². The molecule has 0 unspecified atom stereocenters. The summed E-state index contributed by atoms with van der Waals surface area (Å²) >= 11 is 1.50. The second-order valence-electron chi connectivity index (χ2n) is 8.95. The number of halogens is 1. The van der Waals surface area contributed by atoms with Crippen LogP contribution in [0.1, 0.15) is 20.3 Å². The third-order valence-electron chi connectivity index (χ3n) is 6.00. The maximum Gasteiger partial charge on any atom is 0.223 e. The van der Waals surface area contributed by atoms with E-state index < -0.39 is 0 Å². The van der Waals surface area contributed by atoms with Gasteiger partial charge in [0, 0.05) is 50.6 Å². The quantitative estimate of drug-likeness (QED) is 0.403. The number of anilines is 1. The summed E-state index contributed by atoms with van der Waals surface area (Å²) in [6, 6.07) is 14.6. The molecular weight excluding hydrogens is 465 g/mol. The first-order chi connectivity index (χ1) is 17.0. The molecule has 3 aromatic rings. The Bertz CT molecular complexity index is 1130. The van der Waals surface area contributed by atoms with E-state index in [1.165, 1.54) is 17.8 Å². The monoisotopic (exact) mass is 497 g/mol. The van der Waals surface area contributed by atoms with Crippen LogP contribution in [-0.4, -0.2) is 64.6 Å². The van der Waals surface area contributed by atoms with Gasteiger partial charge in [-0.25, -0.2) is 4.39 Å². The van der Waals surface area contributed by atoms with Crippen LogP contribution < -0.4 is 9.64 Å². The van der Waals surface area contributed by atoms with Crippen LogP contribution in [0.25, 0.3) is 11.4 Å². The molecule has 9 heteroatoms. The zero-order chi connectivity index (χ0) is 24.8. The number of hydrogen-bond donors (Lipinski definition) is 0. The number of thioether (sulfide) groups is 1. The lowest BCUT2D eigenvalue weighted by molar-refractivity contribution is -0.131. The Morgan fingerprint density at radius 2 is 1.77 bits per heavy atom. The molecule has 0 bridgehead atoms. The van der Waals surface area contributed by atoms with Gasteiger partial charge in [-0.05, 0) is 42.3 Å². The van der Waals surface area contributed by atoms with E-state index in [0.717, 1.165) is 24.5 Å². The molecule has 35 heavy (non-hydrogen) atoms. The van der Waals surface area contributed by atoms with E-state index in [1.807, 2.05) is 21.6 Å². The normalized spacial score (nSPS) is 14.0. The molecule has 0 spiro atoms. The lowest BCUT2D eigenvalue weighted by Crippen LogP contribution is -2.48. The van der Waals surface area contributed by atoms with Crippen molar-refractivity contribution in [3.8, 4) is 17.1 Å². The van der Waals surface area contributed by atoms with Crippen LogP contribution in [-0.2, 0) is 11.3 Å². The highest BCUT2D eigenvalue weighted by Crippen LogP contribution is 2.27. The van der Waals surface area contributed by atoms with Gasteiger partial charge in [-0.3, -0.25) is 4.79 Å². The molecule has 2 aromatic carbocycles. The third kappa shape index (κ3) is 6.14. The molecule has 4 rings (SSSR count). The SMILES string of the molecule is COc1ccc(N2CCN(C(=O)CCSc3nnc(-c4ccccc4F)n3CC(C)C)CC2)cc1. The average molecular weight is 498 g/mol. The summed E-state index contributed by atoms with van der Waals surface area (Å²) < 4.78 is 21.6. The molecule has 0 atom stereocenters. The Hall–Kier alpha value is -3.07. The van der Waals surface area contributed by atoms with Crippen molar-refractivity contribution in [1.82, 2.24) is 19.7 Å². The summed E-state index contributed by atoms with van der Waals surface area (Å²) in [6.45, 7) is 7.91. The summed E-state index contributed by atoms with van der Waals surface area (Å²) in [5.74, 6) is 2.15. The highest BCUT2D eigenvalue weighted by Gasteiger charge is 2.22.